The van der Waals surface area contributed by atoms with Crippen LogP contribution in [-0.2, 0) is 17.1 Å². The highest BCUT2D eigenvalue weighted by molar-refractivity contribution is 6.30. The first-order chi connectivity index (χ1) is 20.7. The van der Waals surface area contributed by atoms with E-state index in [-0.39, 0.29) is 12.0 Å². The number of rotatable bonds is 8. The maximum absolute atomic E-state index is 14.8. The van der Waals surface area contributed by atoms with Gasteiger partial charge in [0.2, 0.25) is 0 Å². The van der Waals surface area contributed by atoms with E-state index in [9.17, 15) is 14.3 Å². The number of aliphatic carboxylic acids is 1. The van der Waals surface area contributed by atoms with E-state index in [2.05, 4.69) is 34.6 Å². The van der Waals surface area contributed by atoms with Crippen molar-refractivity contribution < 1.29 is 23.8 Å². The molecular formula is C34H33ClFN3O4. The zero-order valence-electron chi connectivity index (χ0n) is 24.0. The van der Waals surface area contributed by atoms with Gasteiger partial charge in [0.05, 0.1) is 30.0 Å². The molecule has 2 atom stereocenters. The molecule has 0 aliphatic carbocycles. The van der Waals surface area contributed by atoms with Crippen molar-refractivity contribution in [2.45, 2.75) is 51.0 Å². The number of imidazole rings is 1. The number of piperidine rings is 1. The van der Waals surface area contributed by atoms with Crippen LogP contribution in [0.15, 0.2) is 79.0 Å². The SMILES string of the molecule is CC(c1ccccc1)n1c(/C=C/C(=O)O)cnc1CN1CCC(c2cccc3c2OC(C)(c2ccc(Cl)cc2F)O3)CC1. The van der Waals surface area contributed by atoms with Crippen molar-refractivity contribution in [3.63, 3.8) is 0 Å². The van der Waals surface area contributed by atoms with Gasteiger partial charge in [-0.2, -0.15) is 0 Å². The molecule has 222 valence electrons. The number of halogens is 2. The molecule has 0 amide bonds. The van der Waals surface area contributed by atoms with E-state index in [1.807, 2.05) is 30.3 Å². The second-order valence-corrected chi connectivity index (χ2v) is 11.7. The van der Waals surface area contributed by atoms with E-state index < -0.39 is 17.6 Å². The molecule has 3 aromatic carbocycles. The van der Waals surface area contributed by atoms with Crippen LogP contribution in [0.1, 0.15) is 66.9 Å². The summed E-state index contributed by atoms with van der Waals surface area (Å²) in [5.74, 6) is -0.339. The van der Waals surface area contributed by atoms with Crippen LogP contribution >= 0.6 is 11.6 Å². The number of fused-ring (bicyclic) bond motifs is 1. The lowest BCUT2D eigenvalue weighted by atomic mass is 9.88. The van der Waals surface area contributed by atoms with Crippen LogP contribution in [0.5, 0.6) is 11.5 Å². The third-order valence-electron chi connectivity index (χ3n) is 8.39. The van der Waals surface area contributed by atoms with Crippen molar-refractivity contribution in [2.24, 2.45) is 0 Å². The number of hydrogen-bond acceptors (Lipinski definition) is 5. The zero-order valence-corrected chi connectivity index (χ0v) is 24.8. The minimum atomic E-state index is -1.28. The van der Waals surface area contributed by atoms with Crippen LogP contribution in [-0.4, -0.2) is 38.6 Å². The summed E-state index contributed by atoms with van der Waals surface area (Å²) in [6.07, 6.45) is 6.31. The van der Waals surface area contributed by atoms with Crippen LogP contribution in [0.25, 0.3) is 6.08 Å². The largest absolute Gasteiger partial charge is 0.478 e. The number of ether oxygens (including phenoxy) is 2. The lowest BCUT2D eigenvalue weighted by Crippen LogP contribution is -2.34. The molecule has 2 unspecified atom stereocenters. The van der Waals surface area contributed by atoms with Gasteiger partial charge in [0.15, 0.2) is 11.5 Å². The van der Waals surface area contributed by atoms with Crippen molar-refractivity contribution in [1.29, 1.82) is 0 Å². The van der Waals surface area contributed by atoms with E-state index in [1.165, 1.54) is 6.07 Å². The first-order valence-electron chi connectivity index (χ1n) is 14.4. The first kappa shape index (κ1) is 29.0. The molecule has 2 aliphatic rings. The van der Waals surface area contributed by atoms with E-state index >= 15 is 0 Å². The normalized spacial score (nSPS) is 19.6. The van der Waals surface area contributed by atoms with Gasteiger partial charge in [-0.1, -0.05) is 54.1 Å². The Hall–Kier alpha value is -4.14. The average Bonchev–Trinajstić information content (AvgIpc) is 3.56. The monoisotopic (exact) mass is 601 g/mol. The predicted molar refractivity (Wildman–Crippen MR) is 163 cm³/mol. The number of nitrogens with zero attached hydrogens (tertiary/aromatic N) is 3. The van der Waals surface area contributed by atoms with Gasteiger partial charge in [-0.15, -0.1) is 0 Å². The first-order valence-corrected chi connectivity index (χ1v) is 14.8. The maximum Gasteiger partial charge on any atom is 0.328 e. The molecule has 1 saturated heterocycles. The molecule has 0 radical (unpaired) electrons. The Morgan fingerprint density at radius 3 is 2.63 bits per heavy atom. The zero-order chi connectivity index (χ0) is 30.1. The summed E-state index contributed by atoms with van der Waals surface area (Å²) in [6.45, 7) is 6.18. The van der Waals surface area contributed by atoms with Gasteiger partial charge in [-0.05, 0) is 74.7 Å². The second kappa shape index (κ2) is 11.9. The topological polar surface area (TPSA) is 76.8 Å². The summed E-state index contributed by atoms with van der Waals surface area (Å²) in [5, 5.41) is 9.53. The van der Waals surface area contributed by atoms with E-state index in [4.69, 9.17) is 26.1 Å². The lowest BCUT2D eigenvalue weighted by Gasteiger charge is -2.33. The number of carbonyl (C=O) groups is 1. The Morgan fingerprint density at radius 1 is 1.14 bits per heavy atom. The molecule has 2 aliphatic heterocycles. The number of hydrogen-bond donors (Lipinski definition) is 1. The number of likely N-dealkylation sites (tertiary alicyclic amines) is 1. The van der Waals surface area contributed by atoms with Crippen molar-refractivity contribution in [3.05, 3.63) is 118 Å². The van der Waals surface area contributed by atoms with Crippen molar-refractivity contribution in [2.75, 3.05) is 13.1 Å². The average molecular weight is 602 g/mol. The molecule has 6 rings (SSSR count). The fraction of sp³-hybridized carbons (Fsp3) is 0.294. The summed E-state index contributed by atoms with van der Waals surface area (Å²) >= 11 is 5.97. The molecule has 1 aromatic heterocycles. The van der Waals surface area contributed by atoms with Crippen molar-refractivity contribution >= 4 is 23.6 Å². The number of carboxylic acids is 1. The fourth-order valence-corrected chi connectivity index (χ4v) is 6.34. The van der Waals surface area contributed by atoms with Gasteiger partial charge >= 0.3 is 5.97 Å². The third kappa shape index (κ3) is 5.90. The van der Waals surface area contributed by atoms with E-state index in [0.717, 1.165) is 54.7 Å². The van der Waals surface area contributed by atoms with Crippen LogP contribution in [0.2, 0.25) is 5.02 Å². The molecule has 7 nitrogen and oxygen atoms in total. The molecule has 43 heavy (non-hydrogen) atoms. The Bertz CT molecular complexity index is 1670. The van der Waals surface area contributed by atoms with Crippen molar-refractivity contribution in [1.82, 2.24) is 14.5 Å². The highest BCUT2D eigenvalue weighted by Gasteiger charge is 2.43. The van der Waals surface area contributed by atoms with Crippen LogP contribution in [0.3, 0.4) is 0 Å². The number of para-hydroxylation sites is 1. The Kier molecular flexibility index (Phi) is 7.99. The molecular weight excluding hydrogens is 569 g/mol. The number of benzene rings is 3. The summed E-state index contributed by atoms with van der Waals surface area (Å²) in [5.41, 5.74) is 3.24. The van der Waals surface area contributed by atoms with Crippen LogP contribution in [0.4, 0.5) is 4.39 Å². The molecule has 0 spiro atoms. The predicted octanol–water partition coefficient (Wildman–Crippen LogP) is 7.41. The molecule has 3 heterocycles. The third-order valence-corrected chi connectivity index (χ3v) is 8.63. The van der Waals surface area contributed by atoms with Gasteiger partial charge in [-0.25, -0.2) is 14.2 Å². The fourth-order valence-electron chi connectivity index (χ4n) is 6.18. The Morgan fingerprint density at radius 2 is 1.91 bits per heavy atom. The highest BCUT2D eigenvalue weighted by atomic mass is 35.5. The minimum Gasteiger partial charge on any atom is -0.478 e. The second-order valence-electron chi connectivity index (χ2n) is 11.2. The molecule has 1 N–H and O–H groups in total. The van der Waals surface area contributed by atoms with Gasteiger partial charge in [0, 0.05) is 23.6 Å². The standard InChI is InChI=1S/C34H33ClFN3O4/c1-22(23-7-4-3-5-8-23)39-26(12-14-32(40)41)20-37-31(39)21-38-17-15-24(16-18-38)27-9-6-10-30-33(27)43-34(2,42-30)28-13-11-25(35)19-29(28)36/h3-14,19-20,22,24H,15-18,21H2,1-2H3,(H,40,41)/b14-12+. The summed E-state index contributed by atoms with van der Waals surface area (Å²) < 4.78 is 29.5. The van der Waals surface area contributed by atoms with E-state index in [0.29, 0.717) is 28.6 Å². The van der Waals surface area contributed by atoms with Crippen LogP contribution in [0, 0.1) is 5.82 Å². The van der Waals surface area contributed by atoms with Gasteiger partial charge in [0.1, 0.15) is 11.6 Å². The molecule has 1 fully saturated rings. The summed E-state index contributed by atoms with van der Waals surface area (Å²) in [6, 6.07) is 20.5. The number of carboxylic acid groups (broad SMARTS) is 1. The van der Waals surface area contributed by atoms with Crippen LogP contribution < -0.4 is 9.47 Å². The Balaban J connectivity index is 1.18. The van der Waals surface area contributed by atoms with Gasteiger partial charge in [-0.3, -0.25) is 4.90 Å². The molecule has 0 bridgehead atoms. The van der Waals surface area contributed by atoms with Gasteiger partial charge < -0.3 is 19.1 Å². The van der Waals surface area contributed by atoms with E-state index in [1.54, 1.807) is 31.3 Å². The lowest BCUT2D eigenvalue weighted by molar-refractivity contribution is -0.131. The highest BCUT2D eigenvalue weighted by Crippen LogP contribution is 2.49. The summed E-state index contributed by atoms with van der Waals surface area (Å²) in [4.78, 5) is 18.3. The van der Waals surface area contributed by atoms with Gasteiger partial charge in [0.25, 0.3) is 5.79 Å². The maximum atomic E-state index is 14.8. The quantitative estimate of drug-likeness (QED) is 0.212. The minimum absolute atomic E-state index is 0.0199. The number of aromatic nitrogens is 2. The smallest absolute Gasteiger partial charge is 0.328 e. The summed E-state index contributed by atoms with van der Waals surface area (Å²) in [7, 11) is 0. The Labute approximate surface area is 255 Å². The molecule has 9 heteroatoms. The van der Waals surface area contributed by atoms with Crippen molar-refractivity contribution in [3.8, 4) is 11.5 Å². The molecule has 4 aromatic rings. The molecule has 0 saturated carbocycles.